The molecule has 1 saturated carbocycles. The Bertz CT molecular complexity index is 454. The van der Waals surface area contributed by atoms with Gasteiger partial charge in [-0.2, -0.15) is 0 Å². The molecule has 0 spiro atoms. The van der Waals surface area contributed by atoms with Crippen molar-refractivity contribution in [3.8, 4) is 5.75 Å². The quantitative estimate of drug-likeness (QED) is 0.847. The first-order chi connectivity index (χ1) is 9.76. The number of rotatable bonds is 6. The zero-order valence-corrected chi connectivity index (χ0v) is 13.3. The van der Waals surface area contributed by atoms with Gasteiger partial charge in [0.2, 0.25) is 5.91 Å². The molecule has 1 aliphatic rings. The lowest BCUT2D eigenvalue weighted by molar-refractivity contribution is -0.120. The molecule has 5 heteroatoms. The van der Waals surface area contributed by atoms with Crippen LogP contribution in [-0.2, 0) is 4.79 Å². The predicted octanol–water partition coefficient (Wildman–Crippen LogP) is 3.21. The molecule has 4 nitrogen and oxygen atoms in total. The molecule has 1 aromatic carbocycles. The Labute approximate surface area is 132 Å². The zero-order chi connectivity index (χ0) is 14.4. The van der Waals surface area contributed by atoms with E-state index in [0.717, 1.165) is 37.1 Å². The minimum atomic E-state index is 0. The lowest BCUT2D eigenvalue weighted by Gasteiger charge is -2.18. The van der Waals surface area contributed by atoms with Crippen LogP contribution in [0, 0.1) is 11.8 Å². The van der Waals surface area contributed by atoms with Gasteiger partial charge < -0.3 is 15.8 Å². The van der Waals surface area contributed by atoms with Crippen LogP contribution < -0.4 is 15.8 Å². The summed E-state index contributed by atoms with van der Waals surface area (Å²) in [4.78, 5) is 12.4. The number of benzene rings is 1. The van der Waals surface area contributed by atoms with Crippen molar-refractivity contribution in [1.82, 2.24) is 0 Å². The van der Waals surface area contributed by atoms with E-state index < -0.39 is 0 Å². The van der Waals surface area contributed by atoms with Crippen molar-refractivity contribution >= 4 is 24.0 Å². The number of amides is 1. The van der Waals surface area contributed by atoms with E-state index in [1.165, 1.54) is 0 Å². The Morgan fingerprint density at radius 2 is 2.14 bits per heavy atom. The van der Waals surface area contributed by atoms with Crippen LogP contribution in [0.25, 0.3) is 0 Å². The van der Waals surface area contributed by atoms with Gasteiger partial charge in [0, 0.05) is 5.92 Å². The Kier molecular flexibility index (Phi) is 7.54. The maximum Gasteiger partial charge on any atom is 0.227 e. The number of hydrogen-bond acceptors (Lipinski definition) is 3. The van der Waals surface area contributed by atoms with Crippen LogP contribution in [0.3, 0.4) is 0 Å². The first kappa shape index (κ1) is 17.8. The fourth-order valence-electron chi connectivity index (χ4n) is 2.80. The van der Waals surface area contributed by atoms with Gasteiger partial charge in [-0.25, -0.2) is 0 Å². The fraction of sp³-hybridized carbons (Fsp3) is 0.562. The van der Waals surface area contributed by atoms with E-state index in [-0.39, 0.29) is 24.2 Å². The third-order valence-corrected chi connectivity index (χ3v) is 3.91. The van der Waals surface area contributed by atoms with Gasteiger partial charge in [0.15, 0.2) is 0 Å². The number of ether oxygens (including phenoxy) is 1. The van der Waals surface area contributed by atoms with Crippen LogP contribution in [0.15, 0.2) is 24.3 Å². The number of anilines is 1. The van der Waals surface area contributed by atoms with Gasteiger partial charge in [-0.3, -0.25) is 4.79 Å². The molecule has 1 aromatic rings. The van der Waals surface area contributed by atoms with Crippen molar-refractivity contribution in [3.05, 3.63) is 24.3 Å². The highest BCUT2D eigenvalue weighted by Gasteiger charge is 2.32. The van der Waals surface area contributed by atoms with Crippen molar-refractivity contribution in [1.29, 1.82) is 0 Å². The molecule has 0 bridgehead atoms. The maximum absolute atomic E-state index is 12.4. The van der Waals surface area contributed by atoms with Crippen LogP contribution in [0.4, 0.5) is 5.69 Å². The minimum Gasteiger partial charge on any atom is -0.491 e. The van der Waals surface area contributed by atoms with Gasteiger partial charge in [0.05, 0.1) is 12.3 Å². The number of nitrogens with two attached hydrogens (primary N) is 1. The maximum atomic E-state index is 12.4. The number of carbonyl (C=O) groups is 1. The number of carbonyl (C=O) groups excluding carboxylic acids is 1. The van der Waals surface area contributed by atoms with Gasteiger partial charge in [-0.15, -0.1) is 12.4 Å². The van der Waals surface area contributed by atoms with Crippen molar-refractivity contribution in [2.75, 3.05) is 18.5 Å². The number of hydrogen-bond donors (Lipinski definition) is 2. The van der Waals surface area contributed by atoms with E-state index in [1.54, 1.807) is 0 Å². The second-order valence-corrected chi connectivity index (χ2v) is 5.37. The van der Waals surface area contributed by atoms with Gasteiger partial charge in [0.25, 0.3) is 0 Å². The van der Waals surface area contributed by atoms with Crippen molar-refractivity contribution < 1.29 is 9.53 Å². The van der Waals surface area contributed by atoms with E-state index in [9.17, 15) is 4.79 Å². The van der Waals surface area contributed by atoms with E-state index in [4.69, 9.17) is 10.5 Å². The summed E-state index contributed by atoms with van der Waals surface area (Å²) >= 11 is 0. The Hall–Kier alpha value is -1.26. The Morgan fingerprint density at radius 1 is 1.38 bits per heavy atom. The standard InChI is InChI=1S/C16H24N2O2.ClH/c1-2-10-20-15-9-4-3-8-14(15)18-16(19)13-7-5-6-12(13)11-17;/h3-4,8-9,12-13H,2,5-7,10-11,17H2,1H3,(H,18,19);1H/t12-,13-;/m1./s1. The summed E-state index contributed by atoms with van der Waals surface area (Å²) in [7, 11) is 0. The summed E-state index contributed by atoms with van der Waals surface area (Å²) in [6, 6.07) is 7.60. The Morgan fingerprint density at radius 3 is 2.86 bits per heavy atom. The zero-order valence-electron chi connectivity index (χ0n) is 12.5. The number of nitrogens with one attached hydrogen (secondary N) is 1. The Balaban J connectivity index is 0.00000220. The highest BCUT2D eigenvalue weighted by Crippen LogP contribution is 2.33. The topological polar surface area (TPSA) is 64.3 Å². The summed E-state index contributed by atoms with van der Waals surface area (Å²) in [5.74, 6) is 1.17. The normalized spacial score (nSPS) is 20.7. The van der Waals surface area contributed by atoms with Crippen LogP contribution in [-0.4, -0.2) is 19.1 Å². The lowest BCUT2D eigenvalue weighted by Crippen LogP contribution is -2.29. The second kappa shape index (κ2) is 8.90. The first-order valence-electron chi connectivity index (χ1n) is 7.49. The first-order valence-corrected chi connectivity index (χ1v) is 7.49. The smallest absolute Gasteiger partial charge is 0.227 e. The molecule has 0 radical (unpaired) electrons. The predicted molar refractivity (Wildman–Crippen MR) is 88.0 cm³/mol. The summed E-state index contributed by atoms with van der Waals surface area (Å²) in [6.45, 7) is 3.30. The molecule has 0 heterocycles. The monoisotopic (exact) mass is 312 g/mol. The third-order valence-electron chi connectivity index (χ3n) is 3.91. The SMILES string of the molecule is CCCOc1ccccc1NC(=O)[C@@H]1CCC[C@@H]1CN.Cl. The molecular weight excluding hydrogens is 288 g/mol. The summed E-state index contributed by atoms with van der Waals surface area (Å²) < 4.78 is 5.66. The van der Waals surface area contributed by atoms with Crippen LogP contribution in [0.5, 0.6) is 5.75 Å². The second-order valence-electron chi connectivity index (χ2n) is 5.37. The molecule has 21 heavy (non-hydrogen) atoms. The fourth-order valence-corrected chi connectivity index (χ4v) is 2.80. The number of halogens is 1. The van der Waals surface area contributed by atoms with Gasteiger partial charge >= 0.3 is 0 Å². The van der Waals surface area contributed by atoms with Crippen LogP contribution in [0.1, 0.15) is 32.6 Å². The molecule has 0 aromatic heterocycles. The van der Waals surface area contributed by atoms with Crippen molar-refractivity contribution in [2.24, 2.45) is 17.6 Å². The van der Waals surface area contributed by atoms with E-state index in [1.807, 2.05) is 24.3 Å². The molecule has 0 unspecified atom stereocenters. The largest absolute Gasteiger partial charge is 0.491 e. The summed E-state index contributed by atoms with van der Waals surface area (Å²) in [5, 5.41) is 3.01. The molecule has 2 rings (SSSR count). The van der Waals surface area contributed by atoms with E-state index in [2.05, 4.69) is 12.2 Å². The molecule has 0 saturated heterocycles. The summed E-state index contributed by atoms with van der Waals surface area (Å²) in [6.07, 6.45) is 4.03. The third kappa shape index (κ3) is 4.61. The average molecular weight is 313 g/mol. The van der Waals surface area contributed by atoms with Gasteiger partial charge in [-0.05, 0) is 43.9 Å². The molecule has 1 aliphatic carbocycles. The van der Waals surface area contributed by atoms with E-state index in [0.29, 0.717) is 19.1 Å². The van der Waals surface area contributed by atoms with Crippen molar-refractivity contribution in [2.45, 2.75) is 32.6 Å². The molecular formula is C16H25ClN2O2. The minimum absolute atomic E-state index is 0. The molecule has 1 fully saturated rings. The molecule has 1 amide bonds. The van der Waals surface area contributed by atoms with Crippen LogP contribution >= 0.6 is 12.4 Å². The lowest BCUT2D eigenvalue weighted by atomic mass is 9.95. The highest BCUT2D eigenvalue weighted by molar-refractivity contribution is 5.94. The van der Waals surface area contributed by atoms with Gasteiger partial charge in [0.1, 0.15) is 5.75 Å². The summed E-state index contributed by atoms with van der Waals surface area (Å²) in [5.41, 5.74) is 6.50. The van der Waals surface area contributed by atoms with Crippen LogP contribution in [0.2, 0.25) is 0 Å². The molecule has 0 aliphatic heterocycles. The average Bonchev–Trinajstić information content (AvgIpc) is 2.95. The van der Waals surface area contributed by atoms with E-state index >= 15 is 0 Å². The number of para-hydroxylation sites is 2. The molecule has 3 N–H and O–H groups in total. The molecule has 118 valence electrons. The highest BCUT2D eigenvalue weighted by atomic mass is 35.5. The molecule has 2 atom stereocenters. The van der Waals surface area contributed by atoms with Gasteiger partial charge in [-0.1, -0.05) is 25.5 Å². The van der Waals surface area contributed by atoms with Crippen molar-refractivity contribution in [3.63, 3.8) is 0 Å².